The summed E-state index contributed by atoms with van der Waals surface area (Å²) in [7, 11) is 0. The second kappa shape index (κ2) is 7.54. The molecule has 0 saturated carbocycles. The molecule has 0 aromatic heterocycles. The molecule has 29 heavy (non-hydrogen) atoms. The predicted octanol–water partition coefficient (Wildman–Crippen LogP) is 4.22. The molecular weight excluding hydrogens is 381 g/mol. The van der Waals surface area contributed by atoms with E-state index < -0.39 is 11.7 Å². The van der Waals surface area contributed by atoms with Gasteiger partial charge in [-0.25, -0.2) is 0 Å². The molecule has 2 amide bonds. The van der Waals surface area contributed by atoms with Gasteiger partial charge in [0.1, 0.15) is 0 Å². The Bertz CT molecular complexity index is 916. The van der Waals surface area contributed by atoms with E-state index in [-0.39, 0.29) is 30.1 Å². The van der Waals surface area contributed by atoms with E-state index in [4.69, 9.17) is 0 Å². The van der Waals surface area contributed by atoms with Crippen molar-refractivity contribution in [2.75, 3.05) is 18.4 Å². The molecule has 2 aliphatic rings. The van der Waals surface area contributed by atoms with Crippen LogP contribution in [-0.2, 0) is 22.2 Å². The van der Waals surface area contributed by atoms with Crippen molar-refractivity contribution < 1.29 is 22.8 Å². The molecule has 2 heterocycles. The van der Waals surface area contributed by atoms with Crippen molar-refractivity contribution >= 4 is 17.5 Å². The monoisotopic (exact) mass is 402 g/mol. The molecule has 1 unspecified atom stereocenters. The maximum absolute atomic E-state index is 12.7. The molecule has 0 spiro atoms. The fraction of sp³-hybridized carbons (Fsp3) is 0.364. The van der Waals surface area contributed by atoms with E-state index in [0.29, 0.717) is 18.7 Å². The lowest BCUT2D eigenvalue weighted by Gasteiger charge is -2.34. The average molecular weight is 402 g/mol. The van der Waals surface area contributed by atoms with Gasteiger partial charge in [0.2, 0.25) is 11.8 Å². The lowest BCUT2D eigenvalue weighted by atomic mass is 9.80. The molecule has 1 saturated heterocycles. The lowest BCUT2D eigenvalue weighted by Crippen LogP contribution is -2.41. The number of likely N-dealkylation sites (tertiary alicyclic amines) is 1. The van der Waals surface area contributed by atoms with Gasteiger partial charge in [0, 0.05) is 18.8 Å². The molecule has 2 aromatic rings. The number of carbonyl (C=O) groups excluding carboxylic acids is 2. The summed E-state index contributed by atoms with van der Waals surface area (Å²) in [6, 6.07) is 12.4. The van der Waals surface area contributed by atoms with Crippen molar-refractivity contribution in [3.8, 4) is 0 Å². The Morgan fingerprint density at radius 3 is 2.34 bits per heavy atom. The third-order valence-corrected chi connectivity index (χ3v) is 5.84. The maximum atomic E-state index is 12.7. The number of benzene rings is 2. The van der Waals surface area contributed by atoms with Crippen LogP contribution >= 0.6 is 0 Å². The number of hydrogen-bond donors (Lipinski definition) is 1. The van der Waals surface area contributed by atoms with Crippen LogP contribution in [0.15, 0.2) is 48.5 Å². The second-order valence-corrected chi connectivity index (χ2v) is 7.64. The number of alkyl halides is 3. The second-order valence-electron chi connectivity index (χ2n) is 7.64. The van der Waals surface area contributed by atoms with Gasteiger partial charge in [-0.1, -0.05) is 30.3 Å². The third kappa shape index (κ3) is 3.99. The van der Waals surface area contributed by atoms with Crippen molar-refractivity contribution in [1.29, 1.82) is 0 Å². The number of piperidine rings is 1. The van der Waals surface area contributed by atoms with Gasteiger partial charge in [-0.05, 0) is 48.1 Å². The van der Waals surface area contributed by atoms with Gasteiger partial charge < -0.3 is 10.2 Å². The Labute approximate surface area is 166 Å². The first-order chi connectivity index (χ1) is 13.8. The van der Waals surface area contributed by atoms with Gasteiger partial charge in [-0.3, -0.25) is 9.59 Å². The largest absolute Gasteiger partial charge is 0.416 e. The highest BCUT2D eigenvalue weighted by Crippen LogP contribution is 2.41. The number of nitrogens with zero attached hydrogens (tertiary/aromatic N) is 1. The first-order valence-corrected chi connectivity index (χ1v) is 9.66. The molecule has 1 N–H and O–H groups in total. The van der Waals surface area contributed by atoms with Crippen LogP contribution in [0.3, 0.4) is 0 Å². The Hall–Kier alpha value is -2.83. The molecule has 0 radical (unpaired) electrons. The van der Waals surface area contributed by atoms with E-state index in [1.165, 1.54) is 12.1 Å². The third-order valence-electron chi connectivity index (χ3n) is 5.84. The number of anilines is 1. The minimum atomic E-state index is -4.38. The zero-order chi connectivity index (χ0) is 20.6. The molecule has 1 atom stereocenters. The molecule has 2 aromatic carbocycles. The summed E-state index contributed by atoms with van der Waals surface area (Å²) in [5, 5.41) is 2.93. The smallest absolute Gasteiger partial charge is 0.342 e. The van der Waals surface area contributed by atoms with Crippen LogP contribution in [0.25, 0.3) is 0 Å². The minimum absolute atomic E-state index is 0.0146. The van der Waals surface area contributed by atoms with Crippen LogP contribution in [0.4, 0.5) is 18.9 Å². The van der Waals surface area contributed by atoms with Crippen LogP contribution in [0, 0.1) is 5.92 Å². The quantitative estimate of drug-likeness (QED) is 0.836. The number of hydrogen-bond acceptors (Lipinski definition) is 2. The molecule has 1 fully saturated rings. The predicted molar refractivity (Wildman–Crippen MR) is 102 cm³/mol. The number of fused-ring (bicyclic) bond motifs is 1. The summed E-state index contributed by atoms with van der Waals surface area (Å²) >= 11 is 0. The van der Waals surface area contributed by atoms with Gasteiger partial charge in [0.15, 0.2) is 0 Å². The first kappa shape index (κ1) is 19.5. The van der Waals surface area contributed by atoms with Crippen LogP contribution in [0.1, 0.15) is 35.4 Å². The Kier molecular flexibility index (Phi) is 5.06. The molecule has 4 rings (SSSR count). The van der Waals surface area contributed by atoms with Crippen LogP contribution < -0.4 is 5.32 Å². The van der Waals surface area contributed by atoms with Gasteiger partial charge in [-0.15, -0.1) is 0 Å². The number of nitrogens with one attached hydrogen (secondary N) is 1. The van der Waals surface area contributed by atoms with E-state index in [9.17, 15) is 22.8 Å². The topological polar surface area (TPSA) is 49.4 Å². The van der Waals surface area contributed by atoms with E-state index in [2.05, 4.69) is 5.32 Å². The van der Waals surface area contributed by atoms with Gasteiger partial charge >= 0.3 is 6.18 Å². The summed E-state index contributed by atoms with van der Waals surface area (Å²) in [5.74, 6) is -0.0904. The van der Waals surface area contributed by atoms with Crippen molar-refractivity contribution in [3.05, 3.63) is 65.2 Å². The lowest BCUT2D eigenvalue weighted by molar-refractivity contribution is -0.137. The summed E-state index contributed by atoms with van der Waals surface area (Å²) < 4.78 is 38.0. The van der Waals surface area contributed by atoms with Crippen molar-refractivity contribution in [2.24, 2.45) is 5.92 Å². The summed E-state index contributed by atoms with van der Waals surface area (Å²) in [4.78, 5) is 26.7. The summed E-state index contributed by atoms with van der Waals surface area (Å²) in [6.07, 6.45) is -2.85. The first-order valence-electron chi connectivity index (χ1n) is 9.66. The van der Waals surface area contributed by atoms with Crippen molar-refractivity contribution in [1.82, 2.24) is 4.90 Å². The maximum Gasteiger partial charge on any atom is 0.416 e. The van der Waals surface area contributed by atoms with E-state index in [0.717, 1.165) is 36.2 Å². The SMILES string of the molecule is O=C1Nc2ccccc2C1C1CCN(C(=O)Cc2ccc(C(F)(F)F)cc2)CC1. The van der Waals surface area contributed by atoms with Crippen molar-refractivity contribution in [3.63, 3.8) is 0 Å². The van der Waals surface area contributed by atoms with Gasteiger partial charge in [-0.2, -0.15) is 13.2 Å². The molecule has 4 nitrogen and oxygen atoms in total. The zero-order valence-corrected chi connectivity index (χ0v) is 15.7. The molecular formula is C22H21F3N2O2. The van der Waals surface area contributed by atoms with Crippen LogP contribution in [-0.4, -0.2) is 29.8 Å². The Morgan fingerprint density at radius 2 is 1.69 bits per heavy atom. The molecule has 152 valence electrons. The Balaban J connectivity index is 1.35. The highest BCUT2D eigenvalue weighted by atomic mass is 19.4. The van der Waals surface area contributed by atoms with Crippen LogP contribution in [0.5, 0.6) is 0 Å². The normalized spacial score (nSPS) is 19.8. The molecule has 7 heteroatoms. The van der Waals surface area contributed by atoms with E-state index in [1.807, 2.05) is 24.3 Å². The number of para-hydroxylation sites is 1. The van der Waals surface area contributed by atoms with Gasteiger partial charge in [0.25, 0.3) is 0 Å². The molecule has 0 bridgehead atoms. The standard InChI is InChI=1S/C22H21F3N2O2/c23-22(24,25)16-7-5-14(6-8-16)13-19(28)27-11-9-15(10-12-27)20-17-3-1-2-4-18(17)26-21(20)29/h1-8,15,20H,9-13H2,(H,26,29). The van der Waals surface area contributed by atoms with E-state index >= 15 is 0 Å². The number of rotatable bonds is 3. The number of carbonyl (C=O) groups is 2. The zero-order valence-electron chi connectivity index (χ0n) is 15.7. The summed E-state index contributed by atoms with van der Waals surface area (Å²) in [5.41, 5.74) is 1.73. The fourth-order valence-electron chi connectivity index (χ4n) is 4.28. The molecule has 2 aliphatic heterocycles. The van der Waals surface area contributed by atoms with Crippen molar-refractivity contribution in [2.45, 2.75) is 31.4 Å². The number of halogens is 3. The summed E-state index contributed by atoms with van der Waals surface area (Å²) in [6.45, 7) is 1.10. The highest BCUT2D eigenvalue weighted by Gasteiger charge is 2.38. The van der Waals surface area contributed by atoms with Gasteiger partial charge in [0.05, 0.1) is 17.9 Å². The van der Waals surface area contributed by atoms with E-state index in [1.54, 1.807) is 4.90 Å². The number of amides is 2. The minimum Gasteiger partial charge on any atom is -0.342 e. The van der Waals surface area contributed by atoms with Crippen LogP contribution in [0.2, 0.25) is 0 Å². The Morgan fingerprint density at radius 1 is 1.03 bits per heavy atom. The average Bonchev–Trinajstić information content (AvgIpc) is 3.03. The fourth-order valence-corrected chi connectivity index (χ4v) is 4.28. The molecule has 0 aliphatic carbocycles. The highest BCUT2D eigenvalue weighted by molar-refractivity contribution is 6.03.